The van der Waals surface area contributed by atoms with Crippen LogP contribution in [0.15, 0.2) is 36.5 Å². The number of carbonyl (C=O) groups excluding carboxylic acids is 1. The van der Waals surface area contributed by atoms with Gasteiger partial charge in [-0.3, -0.25) is 24.7 Å². The highest BCUT2D eigenvalue weighted by Gasteiger charge is 2.23. The minimum Gasteiger partial charge on any atom is -0.304 e. The Bertz CT molecular complexity index is 948. The van der Waals surface area contributed by atoms with Gasteiger partial charge >= 0.3 is 5.69 Å². The molecule has 0 aliphatic heterocycles. The molecule has 2 aromatic heterocycles. The standard InChI is InChI=1S/C15H13ClN6O3/c1-9-6-13(18-15(23)14-12(22(24)25)7-17-19-14)20-21(9)8-10-4-2-3-5-11(10)16/h2-7H,8H2,1H3,(H,17,19)(H,18,20,23). The Balaban J connectivity index is 1.78. The normalized spacial score (nSPS) is 10.6. The fourth-order valence-electron chi connectivity index (χ4n) is 2.28. The number of nitro groups is 1. The molecule has 0 spiro atoms. The Hall–Kier alpha value is -3.20. The predicted molar refractivity (Wildman–Crippen MR) is 90.7 cm³/mol. The van der Waals surface area contributed by atoms with Crippen molar-refractivity contribution in [1.29, 1.82) is 0 Å². The number of halogens is 1. The molecular formula is C15H13ClN6O3. The number of aromatic nitrogens is 4. The molecule has 9 nitrogen and oxygen atoms in total. The SMILES string of the molecule is Cc1cc(NC(=O)c2[nH]ncc2[N+](=O)[O-])nn1Cc1ccccc1Cl. The summed E-state index contributed by atoms with van der Waals surface area (Å²) < 4.78 is 1.68. The van der Waals surface area contributed by atoms with Crippen molar-refractivity contribution < 1.29 is 9.72 Å². The smallest absolute Gasteiger partial charge is 0.304 e. The monoisotopic (exact) mass is 360 g/mol. The molecule has 0 atom stereocenters. The minimum absolute atomic E-state index is 0.233. The van der Waals surface area contributed by atoms with Gasteiger partial charge in [0.2, 0.25) is 5.69 Å². The minimum atomic E-state index is -0.688. The number of amides is 1. The molecule has 1 amide bonds. The number of benzene rings is 1. The Morgan fingerprint density at radius 1 is 1.44 bits per heavy atom. The lowest BCUT2D eigenvalue weighted by Gasteiger charge is -2.06. The molecule has 0 saturated carbocycles. The summed E-state index contributed by atoms with van der Waals surface area (Å²) in [7, 11) is 0. The first-order chi connectivity index (χ1) is 12.0. The van der Waals surface area contributed by atoms with Crippen molar-refractivity contribution in [2.75, 3.05) is 5.32 Å². The van der Waals surface area contributed by atoms with Crippen molar-refractivity contribution in [2.45, 2.75) is 13.5 Å². The topological polar surface area (TPSA) is 119 Å². The van der Waals surface area contributed by atoms with Crippen LogP contribution in [0.1, 0.15) is 21.7 Å². The van der Waals surface area contributed by atoms with Crippen LogP contribution in [0.5, 0.6) is 0 Å². The van der Waals surface area contributed by atoms with E-state index in [1.54, 1.807) is 16.8 Å². The first-order valence-corrected chi connectivity index (χ1v) is 7.60. The lowest BCUT2D eigenvalue weighted by atomic mass is 10.2. The maximum atomic E-state index is 12.2. The van der Waals surface area contributed by atoms with Gasteiger partial charge in [0.15, 0.2) is 5.82 Å². The van der Waals surface area contributed by atoms with Gasteiger partial charge in [0.1, 0.15) is 6.20 Å². The van der Waals surface area contributed by atoms with Crippen molar-refractivity contribution in [3.05, 3.63) is 68.6 Å². The lowest BCUT2D eigenvalue weighted by Crippen LogP contribution is -2.15. The first-order valence-electron chi connectivity index (χ1n) is 7.22. The molecule has 0 fully saturated rings. The maximum Gasteiger partial charge on any atom is 0.319 e. The number of nitrogens with one attached hydrogen (secondary N) is 2. The van der Waals surface area contributed by atoms with Gasteiger partial charge in [0.05, 0.1) is 11.5 Å². The second-order valence-electron chi connectivity index (χ2n) is 5.26. The summed E-state index contributed by atoms with van der Waals surface area (Å²) in [6, 6.07) is 9.05. The molecule has 128 valence electrons. The summed E-state index contributed by atoms with van der Waals surface area (Å²) in [4.78, 5) is 22.4. The van der Waals surface area contributed by atoms with Crippen molar-refractivity contribution in [3.63, 3.8) is 0 Å². The summed E-state index contributed by atoms with van der Waals surface area (Å²) in [6.45, 7) is 2.27. The molecule has 2 heterocycles. The van der Waals surface area contributed by atoms with Gasteiger partial charge < -0.3 is 5.32 Å². The number of carbonyl (C=O) groups is 1. The number of nitrogens with zero attached hydrogens (tertiary/aromatic N) is 4. The van der Waals surface area contributed by atoms with Gasteiger partial charge in [-0.25, -0.2) is 0 Å². The number of hydrogen-bond acceptors (Lipinski definition) is 5. The van der Waals surface area contributed by atoms with Gasteiger partial charge in [-0.2, -0.15) is 10.2 Å². The van der Waals surface area contributed by atoms with E-state index in [0.29, 0.717) is 11.6 Å². The quantitative estimate of drug-likeness (QED) is 0.535. The number of anilines is 1. The average molecular weight is 361 g/mol. The van der Waals surface area contributed by atoms with Crippen molar-refractivity contribution >= 4 is 29.0 Å². The molecular weight excluding hydrogens is 348 g/mol. The van der Waals surface area contributed by atoms with Crippen LogP contribution >= 0.6 is 11.6 Å². The van der Waals surface area contributed by atoms with E-state index in [4.69, 9.17) is 11.6 Å². The molecule has 0 radical (unpaired) electrons. The van der Waals surface area contributed by atoms with Crippen molar-refractivity contribution in [2.24, 2.45) is 0 Å². The van der Waals surface area contributed by atoms with Crippen molar-refractivity contribution in [1.82, 2.24) is 20.0 Å². The van der Waals surface area contributed by atoms with Crippen LogP contribution < -0.4 is 5.32 Å². The first kappa shape index (κ1) is 16.7. The number of aromatic amines is 1. The molecule has 0 aliphatic carbocycles. The molecule has 3 rings (SSSR count). The third-order valence-corrected chi connectivity index (χ3v) is 3.91. The van der Waals surface area contributed by atoms with E-state index < -0.39 is 16.5 Å². The zero-order chi connectivity index (χ0) is 18.0. The highest BCUT2D eigenvalue weighted by atomic mass is 35.5. The zero-order valence-corrected chi connectivity index (χ0v) is 13.8. The second kappa shape index (κ2) is 6.73. The van der Waals surface area contributed by atoms with Crippen LogP contribution in [-0.2, 0) is 6.54 Å². The molecule has 10 heteroatoms. The summed E-state index contributed by atoms with van der Waals surface area (Å²) in [5, 5.41) is 24.1. The molecule has 0 saturated heterocycles. The van der Waals surface area contributed by atoms with Crippen LogP contribution in [0, 0.1) is 17.0 Å². The molecule has 3 aromatic rings. The van der Waals surface area contributed by atoms with Crippen LogP contribution in [0.4, 0.5) is 11.5 Å². The van der Waals surface area contributed by atoms with E-state index in [0.717, 1.165) is 17.5 Å². The predicted octanol–water partition coefficient (Wildman–Crippen LogP) is 2.78. The van der Waals surface area contributed by atoms with Crippen LogP contribution in [0.25, 0.3) is 0 Å². The van der Waals surface area contributed by atoms with E-state index >= 15 is 0 Å². The fraction of sp³-hybridized carbons (Fsp3) is 0.133. The third kappa shape index (κ3) is 3.50. The van der Waals surface area contributed by atoms with E-state index in [9.17, 15) is 14.9 Å². The highest BCUT2D eigenvalue weighted by Crippen LogP contribution is 2.19. The maximum absolute atomic E-state index is 12.2. The Kier molecular flexibility index (Phi) is 4.48. The van der Waals surface area contributed by atoms with Crippen LogP contribution in [0.3, 0.4) is 0 Å². The van der Waals surface area contributed by atoms with E-state index in [1.165, 1.54) is 0 Å². The number of H-pyrrole nitrogens is 1. The van der Waals surface area contributed by atoms with Gasteiger partial charge in [-0.05, 0) is 18.6 Å². The summed E-state index contributed by atoms with van der Waals surface area (Å²) in [5.41, 5.74) is 1.06. The Morgan fingerprint density at radius 3 is 2.92 bits per heavy atom. The molecule has 0 aliphatic rings. The summed E-state index contributed by atoms with van der Waals surface area (Å²) in [5.74, 6) is -0.412. The zero-order valence-electron chi connectivity index (χ0n) is 13.1. The summed E-state index contributed by atoms with van der Waals surface area (Å²) in [6.07, 6.45) is 0.982. The molecule has 25 heavy (non-hydrogen) atoms. The van der Waals surface area contributed by atoms with Crippen molar-refractivity contribution in [3.8, 4) is 0 Å². The van der Waals surface area contributed by atoms with E-state index in [2.05, 4.69) is 20.6 Å². The Morgan fingerprint density at radius 2 is 2.20 bits per heavy atom. The summed E-state index contributed by atoms with van der Waals surface area (Å²) >= 11 is 6.15. The molecule has 1 aromatic carbocycles. The fourth-order valence-corrected chi connectivity index (χ4v) is 2.48. The lowest BCUT2D eigenvalue weighted by molar-refractivity contribution is -0.385. The largest absolute Gasteiger partial charge is 0.319 e. The van der Waals surface area contributed by atoms with Gasteiger partial charge in [0, 0.05) is 16.8 Å². The van der Waals surface area contributed by atoms with Gasteiger partial charge in [-0.1, -0.05) is 29.8 Å². The number of rotatable bonds is 5. The van der Waals surface area contributed by atoms with E-state index in [-0.39, 0.29) is 11.5 Å². The molecule has 0 bridgehead atoms. The van der Waals surface area contributed by atoms with Gasteiger partial charge in [-0.15, -0.1) is 0 Å². The van der Waals surface area contributed by atoms with Gasteiger partial charge in [0.25, 0.3) is 5.91 Å². The molecule has 2 N–H and O–H groups in total. The number of aryl methyl sites for hydroxylation is 1. The average Bonchev–Trinajstić information content (AvgIpc) is 3.17. The van der Waals surface area contributed by atoms with Crippen LogP contribution in [0.2, 0.25) is 5.02 Å². The highest BCUT2D eigenvalue weighted by molar-refractivity contribution is 6.31. The third-order valence-electron chi connectivity index (χ3n) is 3.54. The second-order valence-corrected chi connectivity index (χ2v) is 5.67. The number of hydrogen-bond donors (Lipinski definition) is 2. The van der Waals surface area contributed by atoms with E-state index in [1.807, 2.05) is 25.1 Å². The molecule has 0 unspecified atom stereocenters. The Labute approximate surface area is 146 Å². The van der Waals surface area contributed by atoms with Crippen LogP contribution in [-0.4, -0.2) is 30.8 Å².